The quantitative estimate of drug-likeness (QED) is 0.792. The Labute approximate surface area is 120 Å². The highest BCUT2D eigenvalue weighted by molar-refractivity contribution is 4.92. The van der Waals surface area contributed by atoms with E-state index in [4.69, 9.17) is 5.73 Å². The fourth-order valence-electron chi connectivity index (χ4n) is 4.06. The third-order valence-corrected chi connectivity index (χ3v) is 5.70. The number of rotatable bonds is 6. The van der Waals surface area contributed by atoms with Gasteiger partial charge < -0.3 is 5.73 Å². The monoisotopic (exact) mass is 266 g/mol. The van der Waals surface area contributed by atoms with Crippen molar-refractivity contribution < 1.29 is 0 Å². The standard InChI is InChI=1S/C17H34N2/c1-3-6-15-9-5-11-19(12-10-15)17(2,14-18)13-16-7-4-8-16/h15-16H,3-14,18H2,1-2H3. The largest absolute Gasteiger partial charge is 0.329 e. The maximum absolute atomic E-state index is 6.17. The van der Waals surface area contributed by atoms with E-state index < -0.39 is 0 Å². The van der Waals surface area contributed by atoms with Crippen molar-refractivity contribution in [2.75, 3.05) is 19.6 Å². The fraction of sp³-hybridized carbons (Fsp3) is 1.00. The lowest BCUT2D eigenvalue weighted by Gasteiger charge is -2.44. The Morgan fingerprint density at radius 2 is 1.79 bits per heavy atom. The van der Waals surface area contributed by atoms with Crippen LogP contribution in [0.1, 0.15) is 71.6 Å². The van der Waals surface area contributed by atoms with Crippen molar-refractivity contribution >= 4 is 0 Å². The first kappa shape index (κ1) is 15.3. The molecule has 2 heteroatoms. The van der Waals surface area contributed by atoms with E-state index in [2.05, 4.69) is 18.7 Å². The molecule has 2 unspecified atom stereocenters. The van der Waals surface area contributed by atoms with Crippen LogP contribution in [0.3, 0.4) is 0 Å². The molecule has 0 bridgehead atoms. The molecule has 1 heterocycles. The molecule has 0 spiro atoms. The van der Waals surface area contributed by atoms with Crippen molar-refractivity contribution in [3.63, 3.8) is 0 Å². The molecule has 2 N–H and O–H groups in total. The fourth-order valence-corrected chi connectivity index (χ4v) is 4.06. The van der Waals surface area contributed by atoms with Crippen LogP contribution in [0.15, 0.2) is 0 Å². The zero-order valence-electron chi connectivity index (χ0n) is 13.2. The van der Waals surface area contributed by atoms with Gasteiger partial charge in [0.2, 0.25) is 0 Å². The average molecular weight is 266 g/mol. The van der Waals surface area contributed by atoms with Gasteiger partial charge in [-0.15, -0.1) is 0 Å². The third-order valence-electron chi connectivity index (χ3n) is 5.70. The van der Waals surface area contributed by atoms with E-state index in [1.165, 1.54) is 70.9 Å². The summed E-state index contributed by atoms with van der Waals surface area (Å²) in [6.45, 7) is 8.14. The van der Waals surface area contributed by atoms with Gasteiger partial charge in [-0.05, 0) is 57.5 Å². The van der Waals surface area contributed by atoms with Gasteiger partial charge in [-0.3, -0.25) is 4.90 Å². The first-order valence-corrected chi connectivity index (χ1v) is 8.63. The molecule has 2 fully saturated rings. The Balaban J connectivity index is 1.89. The summed E-state index contributed by atoms with van der Waals surface area (Å²) >= 11 is 0. The Bertz CT molecular complexity index is 262. The molecule has 0 amide bonds. The van der Waals surface area contributed by atoms with E-state index in [-0.39, 0.29) is 5.54 Å². The molecule has 0 radical (unpaired) electrons. The van der Waals surface area contributed by atoms with Gasteiger partial charge in [0.15, 0.2) is 0 Å². The summed E-state index contributed by atoms with van der Waals surface area (Å²) in [6, 6.07) is 0. The van der Waals surface area contributed by atoms with Crippen LogP contribution in [0.5, 0.6) is 0 Å². The predicted octanol–water partition coefficient (Wildman–Crippen LogP) is 3.80. The lowest BCUT2D eigenvalue weighted by molar-refractivity contribution is 0.0699. The van der Waals surface area contributed by atoms with Crippen molar-refractivity contribution in [1.29, 1.82) is 0 Å². The Kier molecular flexibility index (Phi) is 5.70. The van der Waals surface area contributed by atoms with Gasteiger partial charge in [-0.25, -0.2) is 0 Å². The van der Waals surface area contributed by atoms with Gasteiger partial charge in [0, 0.05) is 12.1 Å². The summed E-state index contributed by atoms with van der Waals surface area (Å²) in [4.78, 5) is 2.74. The van der Waals surface area contributed by atoms with Crippen molar-refractivity contribution in [2.24, 2.45) is 17.6 Å². The van der Waals surface area contributed by atoms with E-state index >= 15 is 0 Å². The summed E-state index contributed by atoms with van der Waals surface area (Å²) in [6.07, 6.45) is 12.7. The van der Waals surface area contributed by atoms with Crippen molar-refractivity contribution in [3.05, 3.63) is 0 Å². The van der Waals surface area contributed by atoms with Gasteiger partial charge in [-0.2, -0.15) is 0 Å². The first-order valence-electron chi connectivity index (χ1n) is 8.63. The molecule has 1 aliphatic heterocycles. The highest BCUT2D eigenvalue weighted by atomic mass is 15.2. The Morgan fingerprint density at radius 3 is 2.37 bits per heavy atom. The third kappa shape index (κ3) is 3.95. The molecule has 2 nitrogen and oxygen atoms in total. The number of nitrogens with two attached hydrogens (primary N) is 1. The zero-order chi connectivity index (χ0) is 13.7. The van der Waals surface area contributed by atoms with E-state index in [1.807, 2.05) is 0 Å². The SMILES string of the molecule is CCCC1CCCN(C(C)(CN)CC2CCC2)CC1. The van der Waals surface area contributed by atoms with Crippen LogP contribution in [-0.4, -0.2) is 30.1 Å². The molecule has 0 aromatic rings. The van der Waals surface area contributed by atoms with E-state index in [9.17, 15) is 0 Å². The van der Waals surface area contributed by atoms with Crippen molar-refractivity contribution in [2.45, 2.75) is 77.2 Å². The summed E-state index contributed by atoms with van der Waals surface area (Å²) in [7, 11) is 0. The second kappa shape index (κ2) is 7.08. The minimum absolute atomic E-state index is 0.270. The molecule has 1 saturated carbocycles. The minimum atomic E-state index is 0.270. The van der Waals surface area contributed by atoms with E-state index in [0.29, 0.717) is 0 Å². The second-order valence-corrected chi connectivity index (χ2v) is 7.27. The van der Waals surface area contributed by atoms with Gasteiger partial charge in [0.25, 0.3) is 0 Å². The molecular formula is C17H34N2. The smallest absolute Gasteiger partial charge is 0.0306 e. The molecule has 0 aromatic heterocycles. The normalized spacial score (nSPS) is 29.5. The van der Waals surface area contributed by atoms with Gasteiger partial charge in [0.05, 0.1) is 0 Å². The highest BCUT2D eigenvalue weighted by Crippen LogP contribution is 2.37. The Morgan fingerprint density at radius 1 is 1.05 bits per heavy atom. The molecule has 2 rings (SSSR count). The molecule has 112 valence electrons. The summed E-state index contributed by atoms with van der Waals surface area (Å²) in [5.41, 5.74) is 6.44. The van der Waals surface area contributed by atoms with Crippen molar-refractivity contribution in [1.82, 2.24) is 4.90 Å². The average Bonchev–Trinajstić information content (AvgIpc) is 2.60. The lowest BCUT2D eigenvalue weighted by atomic mass is 9.76. The minimum Gasteiger partial charge on any atom is -0.329 e. The topological polar surface area (TPSA) is 29.3 Å². The van der Waals surface area contributed by atoms with Crippen molar-refractivity contribution in [3.8, 4) is 0 Å². The van der Waals surface area contributed by atoms with Crippen LogP contribution < -0.4 is 5.73 Å². The second-order valence-electron chi connectivity index (χ2n) is 7.27. The molecular weight excluding hydrogens is 232 g/mol. The molecule has 1 aliphatic carbocycles. The van der Waals surface area contributed by atoms with Gasteiger partial charge in [0.1, 0.15) is 0 Å². The summed E-state index contributed by atoms with van der Waals surface area (Å²) in [5, 5.41) is 0. The summed E-state index contributed by atoms with van der Waals surface area (Å²) in [5.74, 6) is 1.93. The highest BCUT2D eigenvalue weighted by Gasteiger charge is 2.35. The van der Waals surface area contributed by atoms with Gasteiger partial charge >= 0.3 is 0 Å². The van der Waals surface area contributed by atoms with Crippen LogP contribution in [0, 0.1) is 11.8 Å². The van der Waals surface area contributed by atoms with Crippen LogP contribution >= 0.6 is 0 Å². The Hall–Kier alpha value is -0.0800. The molecule has 1 saturated heterocycles. The number of hydrogen-bond acceptors (Lipinski definition) is 2. The number of likely N-dealkylation sites (tertiary alicyclic amines) is 1. The van der Waals surface area contributed by atoms with Crippen LogP contribution in [0.25, 0.3) is 0 Å². The van der Waals surface area contributed by atoms with E-state index in [0.717, 1.165) is 18.4 Å². The van der Waals surface area contributed by atoms with Gasteiger partial charge in [-0.1, -0.05) is 39.0 Å². The number of hydrogen-bond donors (Lipinski definition) is 1. The molecule has 19 heavy (non-hydrogen) atoms. The summed E-state index contributed by atoms with van der Waals surface area (Å²) < 4.78 is 0. The first-order chi connectivity index (χ1) is 9.18. The van der Waals surface area contributed by atoms with Crippen LogP contribution in [0.4, 0.5) is 0 Å². The molecule has 2 aliphatic rings. The molecule has 2 atom stereocenters. The maximum atomic E-state index is 6.17. The lowest BCUT2D eigenvalue weighted by Crippen LogP contribution is -2.53. The maximum Gasteiger partial charge on any atom is 0.0306 e. The number of nitrogens with zero attached hydrogens (tertiary/aromatic N) is 1. The predicted molar refractivity (Wildman–Crippen MR) is 83.2 cm³/mol. The van der Waals surface area contributed by atoms with E-state index in [1.54, 1.807) is 0 Å². The zero-order valence-corrected chi connectivity index (χ0v) is 13.2. The van der Waals surface area contributed by atoms with Crippen LogP contribution in [-0.2, 0) is 0 Å². The van der Waals surface area contributed by atoms with Crippen LogP contribution in [0.2, 0.25) is 0 Å². The molecule has 0 aromatic carbocycles.